The number of hydrogen-bond donors (Lipinski definition) is 1. The van der Waals surface area contributed by atoms with Crippen molar-refractivity contribution in [2.45, 2.75) is 0 Å². The molecule has 7 nitrogen and oxygen atoms in total. The van der Waals surface area contributed by atoms with Crippen LogP contribution in [0.1, 0.15) is 0 Å². The highest BCUT2D eigenvalue weighted by atomic mass is 15.2. The van der Waals surface area contributed by atoms with Gasteiger partial charge >= 0.3 is 0 Å². The van der Waals surface area contributed by atoms with Gasteiger partial charge in [-0.15, -0.1) is 0 Å². The molecule has 0 spiro atoms. The van der Waals surface area contributed by atoms with E-state index in [-0.39, 0.29) is 0 Å². The van der Waals surface area contributed by atoms with Gasteiger partial charge in [-0.25, -0.2) is 9.97 Å². The molecule has 0 bridgehead atoms. The first-order chi connectivity index (χ1) is 12.1. The summed E-state index contributed by atoms with van der Waals surface area (Å²) in [4.78, 5) is 11.1. The molecule has 3 aromatic heterocycles. The summed E-state index contributed by atoms with van der Waals surface area (Å²) < 4.78 is 3.80. The van der Waals surface area contributed by atoms with Gasteiger partial charge in [0.05, 0.1) is 18.1 Å². The minimum atomic E-state index is 0.716. The molecule has 4 rings (SSSR count). The van der Waals surface area contributed by atoms with Crippen LogP contribution in [0.4, 0.5) is 17.2 Å². The lowest BCUT2D eigenvalue weighted by Gasteiger charge is -2.14. The van der Waals surface area contributed by atoms with E-state index in [4.69, 9.17) is 0 Å². The molecule has 7 heteroatoms. The van der Waals surface area contributed by atoms with E-state index in [2.05, 4.69) is 37.4 Å². The molecule has 0 saturated carbocycles. The van der Waals surface area contributed by atoms with E-state index >= 15 is 0 Å². The fourth-order valence-corrected chi connectivity index (χ4v) is 2.77. The number of benzene rings is 1. The zero-order chi connectivity index (χ0) is 17.4. The number of nitrogens with zero attached hydrogens (tertiary/aromatic N) is 6. The van der Waals surface area contributed by atoms with Crippen molar-refractivity contribution in [3.63, 3.8) is 0 Å². The lowest BCUT2D eigenvalue weighted by Crippen LogP contribution is -2.08. The Hall–Kier alpha value is -3.35. The highest BCUT2D eigenvalue weighted by Gasteiger charge is 2.12. The second kappa shape index (κ2) is 5.94. The van der Waals surface area contributed by atoms with Gasteiger partial charge in [-0.05, 0) is 18.2 Å². The van der Waals surface area contributed by atoms with Crippen LogP contribution in [0.5, 0.6) is 0 Å². The summed E-state index contributed by atoms with van der Waals surface area (Å²) in [5, 5.41) is 7.61. The van der Waals surface area contributed by atoms with E-state index in [1.54, 1.807) is 10.9 Å². The Morgan fingerprint density at radius 3 is 2.76 bits per heavy atom. The van der Waals surface area contributed by atoms with Crippen molar-refractivity contribution in [2.75, 3.05) is 24.3 Å². The van der Waals surface area contributed by atoms with E-state index in [0.717, 1.165) is 28.3 Å². The first kappa shape index (κ1) is 15.2. The molecule has 0 aliphatic rings. The van der Waals surface area contributed by atoms with E-state index in [1.165, 1.54) is 0 Å². The van der Waals surface area contributed by atoms with Crippen LogP contribution in [0, 0.1) is 0 Å². The number of anilines is 3. The second-order valence-corrected chi connectivity index (χ2v) is 6.09. The average Bonchev–Trinajstić information content (AvgIpc) is 3.21. The number of aromatic nitrogens is 5. The molecule has 126 valence electrons. The van der Waals surface area contributed by atoms with Crippen molar-refractivity contribution in [1.82, 2.24) is 24.1 Å². The third kappa shape index (κ3) is 2.80. The fourth-order valence-electron chi connectivity index (χ4n) is 2.77. The van der Waals surface area contributed by atoms with Gasteiger partial charge in [0.15, 0.2) is 11.5 Å². The van der Waals surface area contributed by atoms with Crippen LogP contribution >= 0.6 is 0 Å². The molecule has 0 aliphatic heterocycles. The summed E-state index contributed by atoms with van der Waals surface area (Å²) in [5.41, 5.74) is 4.86. The quantitative estimate of drug-likeness (QED) is 0.622. The molecule has 0 aliphatic carbocycles. The highest BCUT2D eigenvalue weighted by Crippen LogP contribution is 2.26. The molecule has 0 fully saturated rings. The molecular formula is C18H19N7. The fraction of sp³-hybridized carbons (Fsp3) is 0.167. The van der Waals surface area contributed by atoms with Gasteiger partial charge in [-0.2, -0.15) is 5.10 Å². The normalized spacial score (nSPS) is 11.0. The van der Waals surface area contributed by atoms with Gasteiger partial charge in [-0.1, -0.05) is 6.07 Å². The van der Waals surface area contributed by atoms with Crippen molar-refractivity contribution in [3.05, 3.63) is 55.2 Å². The maximum atomic E-state index is 4.55. The van der Waals surface area contributed by atoms with Crippen LogP contribution in [0.2, 0.25) is 0 Å². The molecular weight excluding hydrogens is 314 g/mol. The zero-order valence-electron chi connectivity index (χ0n) is 14.4. The second-order valence-electron chi connectivity index (χ2n) is 6.09. The van der Waals surface area contributed by atoms with Crippen LogP contribution in [-0.2, 0) is 7.05 Å². The molecule has 0 atom stereocenters. The predicted octanol–water partition coefficient (Wildman–Crippen LogP) is 2.94. The van der Waals surface area contributed by atoms with Crippen LogP contribution in [0.15, 0.2) is 55.2 Å². The Morgan fingerprint density at radius 2 is 2.00 bits per heavy atom. The van der Waals surface area contributed by atoms with Crippen molar-refractivity contribution in [3.8, 4) is 11.3 Å². The van der Waals surface area contributed by atoms with E-state index in [9.17, 15) is 0 Å². The van der Waals surface area contributed by atoms with Crippen LogP contribution in [0.3, 0.4) is 0 Å². The van der Waals surface area contributed by atoms with Crippen molar-refractivity contribution >= 4 is 22.8 Å². The monoisotopic (exact) mass is 333 g/mol. The lowest BCUT2D eigenvalue weighted by molar-refractivity contribution is 0.768. The topological polar surface area (TPSA) is 63.3 Å². The Morgan fingerprint density at radius 1 is 1.12 bits per heavy atom. The molecule has 0 saturated heterocycles. The van der Waals surface area contributed by atoms with Gasteiger partial charge in [0, 0.05) is 56.7 Å². The maximum Gasteiger partial charge on any atom is 0.180 e. The van der Waals surface area contributed by atoms with Crippen LogP contribution in [-0.4, -0.2) is 38.2 Å². The largest absolute Gasteiger partial charge is 0.378 e. The molecule has 1 N–H and O–H groups in total. The molecule has 0 amide bonds. The number of rotatable bonds is 4. The molecule has 25 heavy (non-hydrogen) atoms. The van der Waals surface area contributed by atoms with E-state index in [1.807, 2.05) is 62.5 Å². The summed E-state index contributed by atoms with van der Waals surface area (Å²) in [5.74, 6) is 0.716. The Bertz CT molecular complexity index is 1030. The summed E-state index contributed by atoms with van der Waals surface area (Å²) in [7, 11) is 5.94. The Kier molecular flexibility index (Phi) is 3.61. The average molecular weight is 333 g/mol. The number of fused-ring (bicyclic) bond motifs is 1. The number of hydrogen-bond acceptors (Lipinski definition) is 5. The summed E-state index contributed by atoms with van der Waals surface area (Å²) in [6, 6.07) is 8.18. The lowest BCUT2D eigenvalue weighted by atomic mass is 10.2. The first-order valence-electron chi connectivity index (χ1n) is 7.97. The van der Waals surface area contributed by atoms with Gasteiger partial charge in [0.2, 0.25) is 0 Å². The molecule has 0 radical (unpaired) electrons. The minimum Gasteiger partial charge on any atom is -0.378 e. The predicted molar refractivity (Wildman–Crippen MR) is 99.2 cm³/mol. The van der Waals surface area contributed by atoms with Gasteiger partial charge in [0.1, 0.15) is 0 Å². The van der Waals surface area contributed by atoms with E-state index in [0.29, 0.717) is 5.82 Å². The summed E-state index contributed by atoms with van der Waals surface area (Å²) >= 11 is 0. The number of nitrogens with one attached hydrogen (secondary N) is 1. The van der Waals surface area contributed by atoms with Crippen LogP contribution in [0.25, 0.3) is 16.9 Å². The summed E-state index contributed by atoms with van der Waals surface area (Å²) in [6.45, 7) is 0. The van der Waals surface area contributed by atoms with Gasteiger partial charge in [-0.3, -0.25) is 9.08 Å². The molecule has 0 unspecified atom stereocenters. The van der Waals surface area contributed by atoms with Crippen molar-refractivity contribution < 1.29 is 0 Å². The third-order valence-electron chi connectivity index (χ3n) is 4.05. The van der Waals surface area contributed by atoms with Crippen molar-refractivity contribution in [1.29, 1.82) is 0 Å². The van der Waals surface area contributed by atoms with E-state index < -0.39 is 0 Å². The molecule has 1 aromatic carbocycles. The Balaban J connectivity index is 1.74. The number of imidazole rings is 1. The smallest absolute Gasteiger partial charge is 0.180 e. The van der Waals surface area contributed by atoms with Crippen molar-refractivity contribution in [2.24, 2.45) is 7.05 Å². The van der Waals surface area contributed by atoms with Gasteiger partial charge < -0.3 is 10.2 Å². The highest BCUT2D eigenvalue weighted by molar-refractivity contribution is 5.75. The Labute approximate surface area is 145 Å². The molecule has 4 aromatic rings. The zero-order valence-corrected chi connectivity index (χ0v) is 14.4. The van der Waals surface area contributed by atoms with Crippen LogP contribution < -0.4 is 10.2 Å². The maximum absolute atomic E-state index is 4.55. The first-order valence-corrected chi connectivity index (χ1v) is 7.97. The minimum absolute atomic E-state index is 0.716. The number of aryl methyl sites for hydroxylation is 1. The van der Waals surface area contributed by atoms with Gasteiger partial charge in [0.25, 0.3) is 0 Å². The standard InChI is InChI=1S/C18H19N7/c1-23(2)15-6-4-5-14(9-15)22-17-18-20-11-16(25(18)8-7-19-17)13-10-21-24(3)12-13/h4-12H,1-3H3,(H,19,22). The third-order valence-corrected chi connectivity index (χ3v) is 4.05. The SMILES string of the molecule is CN(C)c1cccc(Nc2nccn3c(-c4cnn(C)c4)cnc23)c1. The molecule has 3 heterocycles. The summed E-state index contributed by atoms with van der Waals surface area (Å²) in [6.07, 6.45) is 9.32.